The number of benzene rings is 1. The van der Waals surface area contributed by atoms with Crippen LogP contribution in [0.5, 0.6) is 0 Å². The minimum Gasteiger partial charge on any atom is -0.352 e. The fraction of sp³-hybridized carbons (Fsp3) is 0.579. The van der Waals surface area contributed by atoms with E-state index in [0.717, 1.165) is 74.7 Å². The van der Waals surface area contributed by atoms with Crippen LogP contribution in [-0.4, -0.2) is 76.3 Å². The number of nitrogens with zero attached hydrogens (tertiary/aromatic N) is 4. The van der Waals surface area contributed by atoms with Crippen molar-refractivity contribution in [2.75, 3.05) is 50.0 Å². The number of unbranched alkanes of at least 4 members (excludes halogenated alkanes) is 1. The van der Waals surface area contributed by atoms with Crippen LogP contribution in [0.15, 0.2) is 18.2 Å². The fourth-order valence-electron chi connectivity index (χ4n) is 3.81. The number of nitrogens with one attached hydrogen (secondary N) is 1. The van der Waals surface area contributed by atoms with E-state index in [0.29, 0.717) is 5.91 Å². The van der Waals surface area contributed by atoms with Crippen molar-refractivity contribution in [1.29, 1.82) is 0 Å². The zero-order valence-corrected chi connectivity index (χ0v) is 16.5. The number of H-pyrrole nitrogens is 1. The molecule has 1 amide bonds. The Morgan fingerprint density at radius 1 is 1.22 bits per heavy atom. The first-order chi connectivity index (χ1) is 13.1. The highest BCUT2D eigenvalue weighted by atomic mass is 32.2. The van der Waals surface area contributed by atoms with E-state index in [1.54, 1.807) is 17.8 Å². The van der Waals surface area contributed by atoms with E-state index in [1.165, 1.54) is 12.1 Å². The average Bonchev–Trinajstić information content (AvgIpc) is 3.23. The zero-order valence-electron chi connectivity index (χ0n) is 15.7. The van der Waals surface area contributed by atoms with Crippen molar-refractivity contribution in [2.45, 2.75) is 25.0 Å². The molecule has 6 nitrogen and oxygen atoms in total. The molecule has 0 saturated carbocycles. The number of anilines is 1. The second kappa shape index (κ2) is 8.06. The topological polar surface area (TPSA) is 55.5 Å². The van der Waals surface area contributed by atoms with Gasteiger partial charge in [0.15, 0.2) is 5.82 Å². The van der Waals surface area contributed by atoms with Gasteiger partial charge in [-0.3, -0.25) is 14.8 Å². The van der Waals surface area contributed by atoms with E-state index in [1.807, 2.05) is 11.8 Å². The van der Waals surface area contributed by atoms with Crippen molar-refractivity contribution in [2.24, 2.45) is 0 Å². The van der Waals surface area contributed by atoms with Gasteiger partial charge in [0.25, 0.3) is 0 Å². The van der Waals surface area contributed by atoms with Gasteiger partial charge in [-0.15, -0.1) is 11.8 Å². The first-order valence-corrected chi connectivity index (χ1v) is 10.7. The molecule has 4 rings (SSSR count). The van der Waals surface area contributed by atoms with Crippen molar-refractivity contribution in [3.63, 3.8) is 0 Å². The maximum atomic E-state index is 13.3. The third-order valence-corrected chi connectivity index (χ3v) is 6.63. The van der Waals surface area contributed by atoms with Gasteiger partial charge >= 0.3 is 0 Å². The average molecular weight is 392 g/mol. The fourth-order valence-corrected chi connectivity index (χ4v) is 4.76. The molecule has 2 fully saturated rings. The number of amides is 1. The van der Waals surface area contributed by atoms with Crippen molar-refractivity contribution in [1.82, 2.24) is 20.0 Å². The number of aromatic amines is 1. The Labute approximate surface area is 163 Å². The largest absolute Gasteiger partial charge is 0.352 e. The number of rotatable bonds is 6. The first-order valence-electron chi connectivity index (χ1n) is 9.63. The second-order valence-corrected chi connectivity index (χ2v) is 8.61. The monoisotopic (exact) mass is 391 g/mol. The molecule has 1 atom stereocenters. The van der Waals surface area contributed by atoms with Crippen LogP contribution in [-0.2, 0) is 4.79 Å². The van der Waals surface area contributed by atoms with Crippen molar-refractivity contribution >= 4 is 34.4 Å². The SMILES string of the molecule is CC1SCN(CCCCN2CCN(c3n[nH]c4cc(F)ccc34)CC2)C1=O. The predicted molar refractivity (Wildman–Crippen MR) is 108 cm³/mol. The summed E-state index contributed by atoms with van der Waals surface area (Å²) < 4.78 is 13.3. The van der Waals surface area contributed by atoms with Crippen LogP contribution in [0.3, 0.4) is 0 Å². The van der Waals surface area contributed by atoms with Gasteiger partial charge in [0, 0.05) is 38.1 Å². The van der Waals surface area contributed by atoms with E-state index in [9.17, 15) is 9.18 Å². The summed E-state index contributed by atoms with van der Waals surface area (Å²) in [5.41, 5.74) is 0.747. The Bertz CT molecular complexity index is 804. The van der Waals surface area contributed by atoms with Crippen LogP contribution in [0.25, 0.3) is 10.9 Å². The Hall–Kier alpha value is -1.80. The Morgan fingerprint density at radius 2 is 2.00 bits per heavy atom. The lowest BCUT2D eigenvalue weighted by Gasteiger charge is -2.35. The third kappa shape index (κ3) is 4.06. The van der Waals surface area contributed by atoms with Crippen LogP contribution in [0.1, 0.15) is 19.8 Å². The summed E-state index contributed by atoms with van der Waals surface area (Å²) in [5, 5.41) is 8.44. The Kier molecular flexibility index (Phi) is 5.54. The third-order valence-electron chi connectivity index (χ3n) is 5.47. The lowest BCUT2D eigenvalue weighted by Crippen LogP contribution is -2.46. The first kappa shape index (κ1) is 18.6. The van der Waals surface area contributed by atoms with Crippen LogP contribution in [0, 0.1) is 5.82 Å². The van der Waals surface area contributed by atoms with Gasteiger partial charge in [-0.05, 0) is 44.5 Å². The summed E-state index contributed by atoms with van der Waals surface area (Å²) >= 11 is 1.73. The van der Waals surface area contributed by atoms with Crippen LogP contribution < -0.4 is 4.90 Å². The van der Waals surface area contributed by atoms with E-state index in [-0.39, 0.29) is 11.1 Å². The molecule has 2 aliphatic rings. The Balaban J connectivity index is 1.21. The second-order valence-electron chi connectivity index (χ2n) is 7.31. The molecule has 2 aromatic rings. The van der Waals surface area contributed by atoms with Gasteiger partial charge in [0.1, 0.15) is 5.82 Å². The normalized spacial score (nSPS) is 21.6. The molecule has 0 spiro atoms. The summed E-state index contributed by atoms with van der Waals surface area (Å²) in [6.07, 6.45) is 2.18. The number of carbonyl (C=O) groups excluding carboxylic acids is 1. The van der Waals surface area contributed by atoms with Crippen LogP contribution >= 0.6 is 11.8 Å². The molecule has 1 aromatic carbocycles. The molecule has 2 aliphatic heterocycles. The summed E-state index contributed by atoms with van der Waals surface area (Å²) in [6.45, 7) is 7.81. The molecular formula is C19H26FN5OS. The number of fused-ring (bicyclic) bond motifs is 1. The van der Waals surface area contributed by atoms with Gasteiger partial charge in [-0.2, -0.15) is 5.10 Å². The highest BCUT2D eigenvalue weighted by molar-refractivity contribution is 8.01. The van der Waals surface area contributed by atoms with Gasteiger partial charge in [-0.1, -0.05) is 0 Å². The van der Waals surface area contributed by atoms with Crippen molar-refractivity contribution < 1.29 is 9.18 Å². The summed E-state index contributed by atoms with van der Waals surface area (Å²) in [7, 11) is 0. The smallest absolute Gasteiger partial charge is 0.236 e. The highest BCUT2D eigenvalue weighted by Gasteiger charge is 2.28. The standard InChI is InChI=1S/C19H26FN5OS/c1-14-19(26)25(13-27-14)7-3-2-6-23-8-10-24(11-9-23)18-16-5-4-15(20)12-17(16)21-22-18/h4-5,12,14H,2-3,6-11,13H2,1H3,(H,21,22). The molecule has 2 saturated heterocycles. The lowest BCUT2D eigenvalue weighted by atomic mass is 10.2. The zero-order chi connectivity index (χ0) is 18.8. The van der Waals surface area contributed by atoms with Gasteiger partial charge in [-0.25, -0.2) is 4.39 Å². The summed E-state index contributed by atoms with van der Waals surface area (Å²) in [6, 6.07) is 4.78. The minimum atomic E-state index is -0.244. The van der Waals surface area contributed by atoms with Gasteiger partial charge < -0.3 is 9.80 Å². The molecule has 0 aliphatic carbocycles. The molecule has 1 unspecified atom stereocenters. The van der Waals surface area contributed by atoms with Crippen molar-refractivity contribution in [3.05, 3.63) is 24.0 Å². The molecule has 8 heteroatoms. The number of carbonyl (C=O) groups is 1. The maximum Gasteiger partial charge on any atom is 0.236 e. The van der Waals surface area contributed by atoms with Crippen LogP contribution in [0.2, 0.25) is 0 Å². The van der Waals surface area contributed by atoms with E-state index >= 15 is 0 Å². The van der Waals surface area contributed by atoms with E-state index < -0.39 is 0 Å². The number of hydrogen-bond donors (Lipinski definition) is 1. The molecule has 0 bridgehead atoms. The maximum absolute atomic E-state index is 13.3. The quantitative estimate of drug-likeness (QED) is 0.767. The summed E-state index contributed by atoms with van der Waals surface area (Å²) in [5.74, 6) is 1.81. The molecule has 3 heterocycles. The molecular weight excluding hydrogens is 365 g/mol. The molecule has 1 aromatic heterocycles. The molecule has 1 N–H and O–H groups in total. The van der Waals surface area contributed by atoms with Gasteiger partial charge in [0.2, 0.25) is 5.91 Å². The molecule has 146 valence electrons. The van der Waals surface area contributed by atoms with E-state index in [4.69, 9.17) is 0 Å². The van der Waals surface area contributed by atoms with Gasteiger partial charge in [0.05, 0.1) is 16.6 Å². The predicted octanol–water partition coefficient (Wildman–Crippen LogP) is 2.53. The Morgan fingerprint density at radius 3 is 2.74 bits per heavy atom. The van der Waals surface area contributed by atoms with Crippen molar-refractivity contribution in [3.8, 4) is 0 Å². The number of piperazine rings is 1. The van der Waals surface area contributed by atoms with Crippen LogP contribution in [0.4, 0.5) is 10.2 Å². The number of aromatic nitrogens is 2. The highest BCUT2D eigenvalue weighted by Crippen LogP contribution is 2.26. The summed E-state index contributed by atoms with van der Waals surface area (Å²) in [4.78, 5) is 18.7. The minimum absolute atomic E-state index is 0.132. The molecule has 0 radical (unpaired) electrons. The number of thioether (sulfide) groups is 1. The number of hydrogen-bond acceptors (Lipinski definition) is 5. The lowest BCUT2D eigenvalue weighted by molar-refractivity contribution is -0.128. The van der Waals surface area contributed by atoms with E-state index in [2.05, 4.69) is 20.0 Å². The number of halogens is 1. The molecule has 27 heavy (non-hydrogen) atoms.